The standard InChI is InChI=1S/C21H32N4O2/c1-24(19-6-3-2-4-7-19)13-5-12-22-20(26)16-25-14-10-18(11-15-25)23-21(27)17-8-9-17/h2-4,6-7,17-18H,5,8-16H2,1H3,(H,22,26)(H,23,27). The van der Waals surface area contributed by atoms with Crippen molar-refractivity contribution in [3.63, 3.8) is 0 Å². The van der Waals surface area contributed by atoms with Crippen molar-refractivity contribution in [2.45, 2.75) is 38.1 Å². The van der Waals surface area contributed by atoms with Crippen LogP contribution in [0.4, 0.5) is 5.69 Å². The van der Waals surface area contributed by atoms with Crippen molar-refractivity contribution in [3.8, 4) is 0 Å². The molecule has 2 amide bonds. The van der Waals surface area contributed by atoms with Crippen molar-refractivity contribution in [3.05, 3.63) is 30.3 Å². The maximum Gasteiger partial charge on any atom is 0.234 e. The van der Waals surface area contributed by atoms with E-state index < -0.39 is 0 Å². The zero-order valence-corrected chi connectivity index (χ0v) is 16.3. The van der Waals surface area contributed by atoms with Crippen molar-refractivity contribution in [1.82, 2.24) is 15.5 Å². The first-order valence-corrected chi connectivity index (χ1v) is 10.2. The normalized spacial score (nSPS) is 18.1. The Labute approximate surface area is 162 Å². The molecule has 0 unspecified atom stereocenters. The van der Waals surface area contributed by atoms with Crippen LogP contribution in [-0.4, -0.2) is 62.5 Å². The average molecular weight is 373 g/mol. The van der Waals surface area contributed by atoms with E-state index in [4.69, 9.17) is 0 Å². The third-order valence-corrected chi connectivity index (χ3v) is 5.44. The first kappa shape index (κ1) is 19.7. The van der Waals surface area contributed by atoms with Gasteiger partial charge in [-0.3, -0.25) is 14.5 Å². The third-order valence-electron chi connectivity index (χ3n) is 5.44. The van der Waals surface area contributed by atoms with Crippen molar-refractivity contribution >= 4 is 17.5 Å². The molecule has 0 aromatic heterocycles. The molecule has 0 radical (unpaired) electrons. The number of rotatable bonds is 9. The Kier molecular flexibility index (Phi) is 7.10. The zero-order chi connectivity index (χ0) is 19.1. The van der Waals surface area contributed by atoms with Crippen molar-refractivity contribution < 1.29 is 9.59 Å². The van der Waals surface area contributed by atoms with E-state index in [-0.39, 0.29) is 23.8 Å². The number of hydrogen-bond acceptors (Lipinski definition) is 4. The molecule has 1 aliphatic heterocycles. The van der Waals surface area contributed by atoms with Gasteiger partial charge in [0.25, 0.3) is 0 Å². The first-order chi connectivity index (χ1) is 13.1. The molecule has 2 aliphatic rings. The van der Waals surface area contributed by atoms with Gasteiger partial charge in [-0.25, -0.2) is 0 Å². The fourth-order valence-corrected chi connectivity index (χ4v) is 3.51. The quantitative estimate of drug-likeness (QED) is 0.647. The highest BCUT2D eigenvalue weighted by Crippen LogP contribution is 2.29. The Morgan fingerprint density at radius 2 is 1.81 bits per heavy atom. The molecule has 0 atom stereocenters. The summed E-state index contributed by atoms with van der Waals surface area (Å²) in [4.78, 5) is 28.4. The Hall–Kier alpha value is -2.08. The molecule has 6 nitrogen and oxygen atoms in total. The van der Waals surface area contributed by atoms with Crippen LogP contribution in [0.2, 0.25) is 0 Å². The van der Waals surface area contributed by atoms with Gasteiger partial charge in [-0.05, 0) is 44.2 Å². The van der Waals surface area contributed by atoms with Gasteiger partial charge in [0.05, 0.1) is 6.54 Å². The van der Waals surface area contributed by atoms with Crippen LogP contribution in [0, 0.1) is 5.92 Å². The van der Waals surface area contributed by atoms with Crippen LogP contribution in [0.1, 0.15) is 32.1 Å². The van der Waals surface area contributed by atoms with Crippen molar-refractivity contribution in [2.75, 3.05) is 44.7 Å². The molecule has 1 aromatic rings. The maximum atomic E-state index is 12.1. The van der Waals surface area contributed by atoms with Crippen LogP contribution >= 0.6 is 0 Å². The van der Waals surface area contributed by atoms with Crippen molar-refractivity contribution in [2.24, 2.45) is 5.92 Å². The first-order valence-electron chi connectivity index (χ1n) is 10.2. The molecule has 3 rings (SSSR count). The van der Waals surface area contributed by atoms with E-state index in [0.717, 1.165) is 51.7 Å². The van der Waals surface area contributed by atoms with Crippen LogP contribution in [0.25, 0.3) is 0 Å². The molecule has 0 spiro atoms. The maximum absolute atomic E-state index is 12.1. The fraction of sp³-hybridized carbons (Fsp3) is 0.619. The van der Waals surface area contributed by atoms with Gasteiger partial charge < -0.3 is 15.5 Å². The molecule has 2 N–H and O–H groups in total. The highest BCUT2D eigenvalue weighted by molar-refractivity contribution is 5.81. The van der Waals surface area contributed by atoms with Crippen molar-refractivity contribution in [1.29, 1.82) is 0 Å². The number of likely N-dealkylation sites (tertiary alicyclic amines) is 1. The molecule has 1 saturated carbocycles. The second kappa shape index (κ2) is 9.74. The van der Waals surface area contributed by atoms with E-state index in [2.05, 4.69) is 39.6 Å². The highest BCUT2D eigenvalue weighted by atomic mass is 16.2. The van der Waals surface area contributed by atoms with Gasteiger partial charge in [0.1, 0.15) is 0 Å². The predicted molar refractivity (Wildman–Crippen MR) is 108 cm³/mol. The molecule has 1 heterocycles. The number of carbonyl (C=O) groups is 2. The summed E-state index contributed by atoms with van der Waals surface area (Å²) < 4.78 is 0. The number of carbonyl (C=O) groups excluding carboxylic acids is 2. The topological polar surface area (TPSA) is 64.7 Å². The van der Waals surface area contributed by atoms with Gasteiger partial charge in [0.15, 0.2) is 0 Å². The largest absolute Gasteiger partial charge is 0.375 e. The summed E-state index contributed by atoms with van der Waals surface area (Å²) in [6, 6.07) is 10.6. The number of benzene rings is 1. The van der Waals surface area contributed by atoms with E-state index in [1.807, 2.05) is 18.2 Å². The second-order valence-corrected chi connectivity index (χ2v) is 7.79. The highest BCUT2D eigenvalue weighted by Gasteiger charge is 2.31. The second-order valence-electron chi connectivity index (χ2n) is 7.79. The fourth-order valence-electron chi connectivity index (χ4n) is 3.51. The molecule has 0 bridgehead atoms. The Morgan fingerprint density at radius 3 is 2.48 bits per heavy atom. The van der Waals surface area contributed by atoms with Gasteiger partial charge in [-0.1, -0.05) is 18.2 Å². The molecule has 1 aromatic carbocycles. The lowest BCUT2D eigenvalue weighted by Crippen LogP contribution is -2.47. The van der Waals surface area contributed by atoms with E-state index in [1.54, 1.807) is 0 Å². The Balaban J connectivity index is 1.25. The lowest BCUT2D eigenvalue weighted by Gasteiger charge is -2.31. The van der Waals surface area contributed by atoms with Crippen LogP contribution in [-0.2, 0) is 9.59 Å². The van der Waals surface area contributed by atoms with E-state index >= 15 is 0 Å². The summed E-state index contributed by atoms with van der Waals surface area (Å²) in [6.45, 7) is 3.82. The minimum absolute atomic E-state index is 0.0952. The number of anilines is 1. The lowest BCUT2D eigenvalue weighted by atomic mass is 10.0. The summed E-state index contributed by atoms with van der Waals surface area (Å²) >= 11 is 0. The summed E-state index contributed by atoms with van der Waals surface area (Å²) in [5.41, 5.74) is 1.19. The third kappa shape index (κ3) is 6.54. The molecule has 6 heteroatoms. The van der Waals surface area contributed by atoms with Gasteiger partial charge in [-0.2, -0.15) is 0 Å². The Bertz CT molecular complexity index is 610. The molecule has 1 saturated heterocycles. The van der Waals surface area contributed by atoms with Crippen LogP contribution < -0.4 is 15.5 Å². The zero-order valence-electron chi connectivity index (χ0n) is 16.3. The van der Waals surface area contributed by atoms with E-state index in [0.29, 0.717) is 13.1 Å². The smallest absolute Gasteiger partial charge is 0.234 e. The number of nitrogens with zero attached hydrogens (tertiary/aromatic N) is 2. The molecular formula is C21H32N4O2. The lowest BCUT2D eigenvalue weighted by molar-refractivity contribution is -0.124. The average Bonchev–Trinajstić information content (AvgIpc) is 3.53. The molecule has 27 heavy (non-hydrogen) atoms. The van der Waals surface area contributed by atoms with Gasteiger partial charge >= 0.3 is 0 Å². The number of piperidine rings is 1. The number of para-hydroxylation sites is 1. The molecular weight excluding hydrogens is 340 g/mol. The van der Waals surface area contributed by atoms with Crippen LogP contribution in [0.5, 0.6) is 0 Å². The molecule has 2 fully saturated rings. The van der Waals surface area contributed by atoms with Gasteiger partial charge in [0, 0.05) is 50.9 Å². The predicted octanol–water partition coefficient (Wildman–Crippen LogP) is 1.62. The molecule has 1 aliphatic carbocycles. The summed E-state index contributed by atoms with van der Waals surface area (Å²) in [5, 5.41) is 6.18. The number of hydrogen-bond donors (Lipinski definition) is 2. The van der Waals surface area contributed by atoms with Gasteiger partial charge in [0.2, 0.25) is 11.8 Å². The van der Waals surface area contributed by atoms with E-state index in [1.165, 1.54) is 5.69 Å². The van der Waals surface area contributed by atoms with E-state index in [9.17, 15) is 9.59 Å². The SMILES string of the molecule is CN(CCCNC(=O)CN1CCC(NC(=O)C2CC2)CC1)c1ccccc1. The van der Waals surface area contributed by atoms with Gasteiger partial charge in [-0.15, -0.1) is 0 Å². The Morgan fingerprint density at radius 1 is 1.11 bits per heavy atom. The van der Waals surface area contributed by atoms with Crippen LogP contribution in [0.15, 0.2) is 30.3 Å². The molecule has 148 valence electrons. The van der Waals surface area contributed by atoms with Crippen LogP contribution in [0.3, 0.4) is 0 Å². The number of amides is 2. The summed E-state index contributed by atoms with van der Waals surface area (Å²) in [6.07, 6.45) is 4.89. The summed E-state index contributed by atoms with van der Waals surface area (Å²) in [5.74, 6) is 0.597. The number of nitrogens with one attached hydrogen (secondary N) is 2. The summed E-state index contributed by atoms with van der Waals surface area (Å²) in [7, 11) is 2.07. The monoisotopic (exact) mass is 372 g/mol. The minimum Gasteiger partial charge on any atom is -0.375 e. The minimum atomic E-state index is 0.0952.